The summed E-state index contributed by atoms with van der Waals surface area (Å²) >= 11 is 0. The summed E-state index contributed by atoms with van der Waals surface area (Å²) in [5.74, 6) is -3.58. The zero-order valence-corrected chi connectivity index (χ0v) is 14.7. The lowest BCUT2D eigenvalue weighted by Crippen LogP contribution is -2.39. The van der Waals surface area contributed by atoms with Gasteiger partial charge in [0.15, 0.2) is 11.5 Å². The number of ether oxygens (including phenoxy) is 3. The fraction of sp³-hybridized carbons (Fsp3) is 0.444. The van der Waals surface area contributed by atoms with Crippen LogP contribution >= 0.6 is 0 Å². The van der Waals surface area contributed by atoms with E-state index in [1.807, 2.05) is 0 Å². The Hall–Kier alpha value is -2.78. The molecule has 0 saturated carbocycles. The molecule has 0 saturated heterocycles. The number of aliphatic hydroxyl groups is 2. The molecule has 0 aliphatic carbocycles. The Balaban J connectivity index is 1.96. The number of hydrogen-bond donors (Lipinski definition) is 4. The molecule has 1 heterocycles. The molecule has 9 heteroatoms. The van der Waals surface area contributed by atoms with Gasteiger partial charge in [0.1, 0.15) is 0 Å². The lowest BCUT2D eigenvalue weighted by atomic mass is 9.82. The summed E-state index contributed by atoms with van der Waals surface area (Å²) < 4.78 is 14.7. The van der Waals surface area contributed by atoms with E-state index in [-0.39, 0.29) is 30.1 Å². The first-order chi connectivity index (χ1) is 12.9. The highest BCUT2D eigenvalue weighted by Crippen LogP contribution is 2.33. The lowest BCUT2D eigenvalue weighted by Gasteiger charge is -2.33. The first-order valence-electron chi connectivity index (χ1n) is 8.26. The Labute approximate surface area is 155 Å². The van der Waals surface area contributed by atoms with Crippen molar-refractivity contribution in [2.75, 3.05) is 20.3 Å². The largest absolute Gasteiger partial charge is 0.504 e. The second-order valence-corrected chi connectivity index (χ2v) is 6.04. The molecule has 148 valence electrons. The van der Waals surface area contributed by atoms with E-state index < -0.39 is 36.7 Å². The highest BCUT2D eigenvalue weighted by atomic mass is 16.6. The van der Waals surface area contributed by atoms with Crippen LogP contribution in [0.3, 0.4) is 0 Å². The van der Waals surface area contributed by atoms with Gasteiger partial charge in [0.25, 0.3) is 0 Å². The van der Waals surface area contributed by atoms with Crippen LogP contribution in [0.1, 0.15) is 12.0 Å². The predicted molar refractivity (Wildman–Crippen MR) is 90.3 cm³/mol. The van der Waals surface area contributed by atoms with Gasteiger partial charge in [0.05, 0.1) is 44.5 Å². The van der Waals surface area contributed by atoms with Crippen LogP contribution in [0.5, 0.6) is 11.5 Å². The van der Waals surface area contributed by atoms with Gasteiger partial charge in [-0.15, -0.1) is 0 Å². The molecule has 2 rings (SSSR count). The van der Waals surface area contributed by atoms with Gasteiger partial charge in [-0.2, -0.15) is 0 Å². The Bertz CT molecular complexity index is 713. The minimum Gasteiger partial charge on any atom is -0.504 e. The molecule has 4 N–H and O–H groups in total. The van der Waals surface area contributed by atoms with Crippen LogP contribution in [0, 0.1) is 11.8 Å². The third-order valence-corrected chi connectivity index (χ3v) is 4.33. The third-order valence-electron chi connectivity index (χ3n) is 4.33. The zero-order valence-electron chi connectivity index (χ0n) is 14.7. The van der Waals surface area contributed by atoms with Crippen molar-refractivity contribution in [2.24, 2.45) is 11.8 Å². The van der Waals surface area contributed by atoms with E-state index >= 15 is 0 Å². The Morgan fingerprint density at radius 3 is 2.59 bits per heavy atom. The van der Waals surface area contributed by atoms with Crippen molar-refractivity contribution < 1.29 is 44.2 Å². The zero-order chi connectivity index (χ0) is 20.0. The number of esters is 2. The molecule has 0 fully saturated rings. The highest BCUT2D eigenvalue weighted by molar-refractivity contribution is 5.89. The van der Waals surface area contributed by atoms with Crippen molar-refractivity contribution in [3.63, 3.8) is 0 Å². The second-order valence-electron chi connectivity index (χ2n) is 6.04. The predicted octanol–water partition coefficient (Wildman–Crippen LogP) is 0.204. The Morgan fingerprint density at radius 1 is 1.22 bits per heavy atom. The molecule has 3 atom stereocenters. The summed E-state index contributed by atoms with van der Waals surface area (Å²) in [6.45, 7) is -0.490. The van der Waals surface area contributed by atoms with Crippen LogP contribution in [-0.2, 0) is 30.2 Å². The fourth-order valence-electron chi connectivity index (χ4n) is 2.80. The van der Waals surface area contributed by atoms with Gasteiger partial charge in [-0.3, -0.25) is 4.79 Å². The summed E-state index contributed by atoms with van der Waals surface area (Å²) in [4.78, 5) is 24.0. The number of benzene rings is 1. The van der Waals surface area contributed by atoms with Gasteiger partial charge < -0.3 is 34.6 Å². The first-order valence-corrected chi connectivity index (χ1v) is 8.26. The van der Waals surface area contributed by atoms with E-state index in [1.165, 1.54) is 19.2 Å². The first kappa shape index (κ1) is 20.5. The smallest absolute Gasteiger partial charge is 0.337 e. The van der Waals surface area contributed by atoms with Gasteiger partial charge >= 0.3 is 11.9 Å². The maximum absolute atomic E-state index is 12.2. The van der Waals surface area contributed by atoms with Gasteiger partial charge in [-0.05, 0) is 17.7 Å². The van der Waals surface area contributed by atoms with Crippen LogP contribution in [0.15, 0.2) is 30.0 Å². The second kappa shape index (κ2) is 9.24. The van der Waals surface area contributed by atoms with Crippen molar-refractivity contribution in [1.29, 1.82) is 0 Å². The topological polar surface area (TPSA) is 143 Å². The van der Waals surface area contributed by atoms with E-state index in [4.69, 9.17) is 9.47 Å². The van der Waals surface area contributed by atoms with Crippen molar-refractivity contribution in [1.82, 2.24) is 0 Å². The number of phenols is 2. The number of phenolic OH excluding ortho intramolecular Hbond substituents is 2. The molecule has 0 amide bonds. The lowest BCUT2D eigenvalue weighted by molar-refractivity contribution is -0.155. The van der Waals surface area contributed by atoms with Gasteiger partial charge in [-0.1, -0.05) is 6.07 Å². The molecule has 0 bridgehead atoms. The summed E-state index contributed by atoms with van der Waals surface area (Å²) in [7, 11) is 1.17. The number of methoxy groups -OCH3 is 1. The quantitative estimate of drug-likeness (QED) is 0.384. The standard InChI is InChI=1S/C18H22O9/c1-25-17(23)13-9-27-18(24)12(8-19)11(13)7-16(22)26-5-4-10-2-3-14(20)15(21)6-10/h2-3,6,9,11-12,18-21,24H,4-5,7-8H2,1H3/t11-,12+,18+/m0/s1. The molecule has 1 aliphatic heterocycles. The van der Waals surface area contributed by atoms with Crippen LogP contribution in [0.25, 0.3) is 0 Å². The van der Waals surface area contributed by atoms with E-state index in [2.05, 4.69) is 4.74 Å². The summed E-state index contributed by atoms with van der Waals surface area (Å²) in [5.41, 5.74) is 0.685. The average molecular weight is 382 g/mol. The molecule has 0 unspecified atom stereocenters. The number of aromatic hydroxyl groups is 2. The summed E-state index contributed by atoms with van der Waals surface area (Å²) in [6, 6.07) is 4.27. The minimum absolute atomic E-state index is 0.00981. The Kier molecular flexibility index (Phi) is 7.03. The van der Waals surface area contributed by atoms with Crippen LogP contribution < -0.4 is 0 Å². The molecular weight excluding hydrogens is 360 g/mol. The SMILES string of the molecule is COC(=O)C1=CO[C@@H](O)[C@H](CO)[C@@H]1CC(=O)OCCc1ccc(O)c(O)c1. The maximum atomic E-state index is 12.2. The molecule has 0 aromatic heterocycles. The van der Waals surface area contributed by atoms with Crippen LogP contribution in [0.4, 0.5) is 0 Å². The highest BCUT2D eigenvalue weighted by Gasteiger charge is 2.40. The molecule has 0 spiro atoms. The number of carbonyl (C=O) groups is 2. The van der Waals surface area contributed by atoms with Crippen molar-refractivity contribution in [3.8, 4) is 11.5 Å². The van der Waals surface area contributed by atoms with E-state index in [1.54, 1.807) is 6.07 Å². The third kappa shape index (κ3) is 5.11. The van der Waals surface area contributed by atoms with Gasteiger partial charge in [-0.25, -0.2) is 4.79 Å². The number of hydrogen-bond acceptors (Lipinski definition) is 9. The number of carbonyl (C=O) groups excluding carboxylic acids is 2. The monoisotopic (exact) mass is 382 g/mol. The van der Waals surface area contributed by atoms with Crippen LogP contribution in [0.2, 0.25) is 0 Å². The van der Waals surface area contributed by atoms with E-state index in [9.17, 15) is 30.0 Å². The molecule has 27 heavy (non-hydrogen) atoms. The fourth-order valence-corrected chi connectivity index (χ4v) is 2.80. The van der Waals surface area contributed by atoms with Crippen molar-refractivity contribution >= 4 is 11.9 Å². The molecule has 1 aromatic rings. The normalized spacial score (nSPS) is 21.7. The molecule has 0 radical (unpaired) electrons. The molecular formula is C18H22O9. The molecule has 1 aromatic carbocycles. The van der Waals surface area contributed by atoms with Gasteiger partial charge in [0.2, 0.25) is 6.29 Å². The number of aliphatic hydroxyl groups excluding tert-OH is 2. The van der Waals surface area contributed by atoms with Crippen LogP contribution in [-0.4, -0.2) is 59.0 Å². The molecule has 9 nitrogen and oxygen atoms in total. The summed E-state index contributed by atoms with van der Waals surface area (Å²) in [6.07, 6.45) is -0.284. The number of rotatable bonds is 7. The maximum Gasteiger partial charge on any atom is 0.337 e. The average Bonchev–Trinajstić information content (AvgIpc) is 2.64. The summed E-state index contributed by atoms with van der Waals surface area (Å²) in [5, 5.41) is 38.0. The molecule has 1 aliphatic rings. The van der Waals surface area contributed by atoms with E-state index in [0.717, 1.165) is 6.26 Å². The van der Waals surface area contributed by atoms with Crippen molar-refractivity contribution in [3.05, 3.63) is 35.6 Å². The minimum atomic E-state index is -1.36. The van der Waals surface area contributed by atoms with Crippen molar-refractivity contribution in [2.45, 2.75) is 19.1 Å². The Morgan fingerprint density at radius 2 is 1.96 bits per heavy atom. The van der Waals surface area contributed by atoms with E-state index in [0.29, 0.717) is 12.0 Å². The van der Waals surface area contributed by atoms with Gasteiger partial charge in [0, 0.05) is 12.3 Å².